The molecule has 4 aromatic rings. The summed E-state index contributed by atoms with van der Waals surface area (Å²) in [5.41, 5.74) is 2.71. The molecule has 4 heterocycles. The Hall–Kier alpha value is -4.02. The third-order valence-corrected chi connectivity index (χ3v) is 6.37. The standard InChI is InChI=1S/C26H30N8O2/c1-4-12-33-25(36)21-17-27-26(30-24(21)34(33)23-7-5-6-22(29-23)18(2)35)28-19-8-10-20(11-9-19)32-15-13-31(3)14-16-32/h4-11,17-18,35H,1,12-16H2,2-3H3,(H,27,28,30)/t18-/m0/s1. The number of nitrogens with one attached hydrogen (secondary N) is 1. The Labute approximate surface area is 209 Å². The molecule has 186 valence electrons. The molecule has 1 atom stereocenters. The number of aliphatic hydroxyl groups is 1. The highest BCUT2D eigenvalue weighted by molar-refractivity contribution is 5.77. The number of fused-ring (bicyclic) bond motifs is 1. The summed E-state index contributed by atoms with van der Waals surface area (Å²) >= 11 is 0. The summed E-state index contributed by atoms with van der Waals surface area (Å²) in [7, 11) is 2.15. The van der Waals surface area contributed by atoms with Gasteiger partial charge in [0.25, 0.3) is 5.56 Å². The molecular weight excluding hydrogens is 456 g/mol. The van der Waals surface area contributed by atoms with Gasteiger partial charge in [-0.2, -0.15) is 4.98 Å². The van der Waals surface area contributed by atoms with E-state index in [-0.39, 0.29) is 12.1 Å². The molecule has 0 radical (unpaired) electrons. The number of rotatable bonds is 7. The first-order valence-corrected chi connectivity index (χ1v) is 12.0. The SMILES string of the molecule is C=CCn1c(=O)c2cnc(Nc3ccc(N4CCN(C)CC4)cc3)nc2n1-c1cccc([C@H](C)O)n1. The predicted molar refractivity (Wildman–Crippen MR) is 141 cm³/mol. The largest absolute Gasteiger partial charge is 0.387 e. The molecule has 3 aromatic heterocycles. The van der Waals surface area contributed by atoms with Crippen molar-refractivity contribution >= 4 is 28.4 Å². The van der Waals surface area contributed by atoms with Gasteiger partial charge >= 0.3 is 0 Å². The van der Waals surface area contributed by atoms with Gasteiger partial charge in [0.15, 0.2) is 11.5 Å². The van der Waals surface area contributed by atoms with E-state index in [9.17, 15) is 9.90 Å². The van der Waals surface area contributed by atoms with Crippen LogP contribution in [0.3, 0.4) is 0 Å². The van der Waals surface area contributed by atoms with Crippen LogP contribution in [-0.4, -0.2) is 67.5 Å². The average Bonchev–Trinajstić information content (AvgIpc) is 3.16. The number of nitrogens with zero attached hydrogens (tertiary/aromatic N) is 7. The minimum absolute atomic E-state index is 0.239. The molecule has 2 N–H and O–H groups in total. The molecule has 0 spiro atoms. The van der Waals surface area contributed by atoms with Gasteiger partial charge in [0.05, 0.1) is 18.3 Å². The van der Waals surface area contributed by atoms with Crippen LogP contribution >= 0.6 is 0 Å². The molecule has 1 aliphatic heterocycles. The Bertz CT molecular complexity index is 1430. The normalized spacial score (nSPS) is 15.2. The third kappa shape index (κ3) is 4.60. The van der Waals surface area contributed by atoms with Gasteiger partial charge in [-0.1, -0.05) is 12.1 Å². The van der Waals surface area contributed by atoms with Gasteiger partial charge in [0.2, 0.25) is 5.95 Å². The van der Waals surface area contributed by atoms with Crippen LogP contribution in [0.1, 0.15) is 18.7 Å². The van der Waals surface area contributed by atoms with Crippen molar-refractivity contribution < 1.29 is 5.11 Å². The van der Waals surface area contributed by atoms with Crippen molar-refractivity contribution in [1.29, 1.82) is 0 Å². The first kappa shape index (κ1) is 23.7. The van der Waals surface area contributed by atoms with Crippen LogP contribution < -0.4 is 15.8 Å². The van der Waals surface area contributed by atoms with Gasteiger partial charge < -0.3 is 20.2 Å². The zero-order valence-electron chi connectivity index (χ0n) is 20.5. The number of aliphatic hydroxyl groups excluding tert-OH is 1. The zero-order valence-corrected chi connectivity index (χ0v) is 20.5. The Morgan fingerprint density at radius 3 is 2.56 bits per heavy atom. The molecule has 1 saturated heterocycles. The van der Waals surface area contributed by atoms with Crippen molar-refractivity contribution in [3.05, 3.63) is 77.4 Å². The van der Waals surface area contributed by atoms with Crippen molar-refractivity contribution in [2.75, 3.05) is 43.4 Å². The number of hydrogen-bond donors (Lipinski definition) is 2. The van der Waals surface area contributed by atoms with Crippen molar-refractivity contribution in [2.24, 2.45) is 0 Å². The second kappa shape index (κ2) is 9.92. The summed E-state index contributed by atoms with van der Waals surface area (Å²) in [5, 5.41) is 13.6. The van der Waals surface area contributed by atoms with Crippen LogP contribution in [0.15, 0.2) is 66.1 Å². The lowest BCUT2D eigenvalue weighted by Crippen LogP contribution is -2.44. The molecule has 5 rings (SSSR count). The summed E-state index contributed by atoms with van der Waals surface area (Å²) in [6.07, 6.45) is 2.43. The summed E-state index contributed by atoms with van der Waals surface area (Å²) in [4.78, 5) is 31.4. The van der Waals surface area contributed by atoms with Gasteiger partial charge in [-0.25, -0.2) is 19.3 Å². The highest BCUT2D eigenvalue weighted by atomic mass is 16.3. The molecular formula is C26H30N8O2. The van der Waals surface area contributed by atoms with Gasteiger partial charge in [-0.3, -0.25) is 4.79 Å². The molecule has 0 aliphatic carbocycles. The fourth-order valence-corrected chi connectivity index (χ4v) is 4.35. The number of hydrogen-bond acceptors (Lipinski definition) is 8. The number of allylic oxidation sites excluding steroid dienone is 1. The second-order valence-electron chi connectivity index (χ2n) is 8.98. The quantitative estimate of drug-likeness (QED) is 0.384. The van der Waals surface area contributed by atoms with E-state index in [2.05, 4.69) is 55.8 Å². The van der Waals surface area contributed by atoms with Gasteiger partial charge in [-0.05, 0) is 50.4 Å². The Kier molecular flexibility index (Phi) is 6.53. The summed E-state index contributed by atoms with van der Waals surface area (Å²) in [5.74, 6) is 0.842. The molecule has 36 heavy (non-hydrogen) atoms. The fourth-order valence-electron chi connectivity index (χ4n) is 4.35. The molecule has 0 saturated carbocycles. The van der Waals surface area contributed by atoms with Crippen molar-refractivity contribution in [2.45, 2.75) is 19.6 Å². The van der Waals surface area contributed by atoms with Crippen molar-refractivity contribution in [3.8, 4) is 5.82 Å². The van der Waals surface area contributed by atoms with Crippen LogP contribution in [0.4, 0.5) is 17.3 Å². The molecule has 0 amide bonds. The monoisotopic (exact) mass is 486 g/mol. The number of piperazine rings is 1. The van der Waals surface area contributed by atoms with Crippen LogP contribution in [-0.2, 0) is 6.54 Å². The average molecular weight is 487 g/mol. The number of likely N-dealkylation sites (N-methyl/N-ethyl adjacent to an activating group) is 1. The Balaban J connectivity index is 1.49. The maximum absolute atomic E-state index is 13.1. The highest BCUT2D eigenvalue weighted by Crippen LogP contribution is 2.22. The first-order chi connectivity index (χ1) is 17.4. The fraction of sp³-hybridized carbons (Fsp3) is 0.308. The van der Waals surface area contributed by atoms with E-state index in [1.54, 1.807) is 35.9 Å². The summed E-state index contributed by atoms with van der Waals surface area (Å²) < 4.78 is 3.16. The van der Waals surface area contributed by atoms with Crippen molar-refractivity contribution in [3.63, 3.8) is 0 Å². The van der Waals surface area contributed by atoms with E-state index in [4.69, 9.17) is 0 Å². The topological polar surface area (TPSA) is 104 Å². The van der Waals surface area contributed by atoms with Gasteiger partial charge in [-0.15, -0.1) is 6.58 Å². The number of aromatic nitrogens is 5. The Morgan fingerprint density at radius 1 is 1.11 bits per heavy atom. The molecule has 10 nitrogen and oxygen atoms in total. The van der Waals surface area contributed by atoms with Gasteiger partial charge in [0.1, 0.15) is 5.39 Å². The summed E-state index contributed by atoms with van der Waals surface area (Å²) in [6, 6.07) is 13.5. The molecule has 0 bridgehead atoms. The molecule has 0 unspecified atom stereocenters. The lowest BCUT2D eigenvalue weighted by atomic mass is 10.2. The van der Waals surface area contributed by atoms with E-state index in [0.717, 1.165) is 31.9 Å². The van der Waals surface area contributed by atoms with E-state index >= 15 is 0 Å². The maximum Gasteiger partial charge on any atom is 0.278 e. The molecule has 1 fully saturated rings. The van der Waals surface area contributed by atoms with Crippen LogP contribution in [0.2, 0.25) is 0 Å². The first-order valence-electron chi connectivity index (χ1n) is 12.0. The van der Waals surface area contributed by atoms with Gasteiger partial charge in [0, 0.05) is 43.8 Å². The summed E-state index contributed by atoms with van der Waals surface area (Å²) in [6.45, 7) is 9.81. The smallest absolute Gasteiger partial charge is 0.278 e. The molecule has 1 aromatic carbocycles. The van der Waals surface area contributed by atoms with Crippen molar-refractivity contribution in [1.82, 2.24) is 29.2 Å². The minimum Gasteiger partial charge on any atom is -0.387 e. The van der Waals surface area contributed by atoms with E-state index in [1.807, 2.05) is 12.1 Å². The molecule has 10 heteroatoms. The van der Waals surface area contributed by atoms with E-state index < -0.39 is 6.10 Å². The predicted octanol–water partition coefficient (Wildman–Crippen LogP) is 2.71. The lowest BCUT2D eigenvalue weighted by Gasteiger charge is -2.34. The third-order valence-electron chi connectivity index (χ3n) is 6.37. The number of anilines is 3. The van der Waals surface area contributed by atoms with Crippen LogP contribution in [0.25, 0.3) is 16.9 Å². The Morgan fingerprint density at radius 2 is 1.86 bits per heavy atom. The number of pyridine rings is 1. The number of benzene rings is 1. The lowest BCUT2D eigenvalue weighted by molar-refractivity contribution is 0.194. The van der Waals surface area contributed by atoms with Crippen LogP contribution in [0, 0.1) is 0 Å². The van der Waals surface area contributed by atoms with E-state index in [1.165, 1.54) is 16.6 Å². The zero-order chi connectivity index (χ0) is 25.2. The highest BCUT2D eigenvalue weighted by Gasteiger charge is 2.19. The van der Waals surface area contributed by atoms with E-state index in [0.29, 0.717) is 28.5 Å². The van der Waals surface area contributed by atoms with Crippen LogP contribution in [0.5, 0.6) is 0 Å². The molecule has 1 aliphatic rings. The second-order valence-corrected chi connectivity index (χ2v) is 8.98. The maximum atomic E-state index is 13.1. The minimum atomic E-state index is -0.743.